The maximum absolute atomic E-state index is 11.4. The van der Waals surface area contributed by atoms with E-state index in [0.717, 1.165) is 25.7 Å². The molecule has 0 aliphatic carbocycles. The van der Waals surface area contributed by atoms with Crippen LogP contribution in [0.15, 0.2) is 0 Å². The second kappa shape index (κ2) is 4.91. The van der Waals surface area contributed by atoms with Crippen molar-refractivity contribution < 1.29 is 14.7 Å². The van der Waals surface area contributed by atoms with E-state index >= 15 is 0 Å². The van der Waals surface area contributed by atoms with Crippen LogP contribution in [-0.2, 0) is 4.79 Å². The molecule has 17 heavy (non-hydrogen) atoms. The summed E-state index contributed by atoms with van der Waals surface area (Å²) in [7, 11) is 0. The third kappa shape index (κ3) is 2.52. The maximum atomic E-state index is 11.4. The molecule has 0 aromatic heterocycles. The lowest BCUT2D eigenvalue weighted by molar-refractivity contribution is -0.122. The van der Waals surface area contributed by atoms with Gasteiger partial charge in [-0.3, -0.25) is 4.79 Å². The van der Waals surface area contributed by atoms with Crippen molar-refractivity contribution >= 4 is 12.0 Å². The molecule has 0 aromatic rings. The molecule has 96 valence electrons. The molecular formula is C11H19N3O3. The predicted molar refractivity (Wildman–Crippen MR) is 61.5 cm³/mol. The van der Waals surface area contributed by atoms with Gasteiger partial charge in [0.25, 0.3) is 0 Å². The van der Waals surface area contributed by atoms with Gasteiger partial charge in [0.05, 0.1) is 0 Å². The van der Waals surface area contributed by atoms with Crippen molar-refractivity contribution in [2.24, 2.45) is 5.73 Å². The fraction of sp³-hybridized carbons (Fsp3) is 0.818. The minimum atomic E-state index is -0.829. The van der Waals surface area contributed by atoms with Gasteiger partial charge in [0, 0.05) is 31.1 Å². The number of nitrogens with one attached hydrogen (secondary N) is 1. The highest BCUT2D eigenvalue weighted by atomic mass is 16.4. The van der Waals surface area contributed by atoms with Gasteiger partial charge in [-0.1, -0.05) is 0 Å². The van der Waals surface area contributed by atoms with E-state index in [9.17, 15) is 9.59 Å². The molecule has 2 aliphatic rings. The summed E-state index contributed by atoms with van der Waals surface area (Å²) in [4.78, 5) is 24.1. The number of hydrogen-bond donors (Lipinski definition) is 3. The second-order valence-corrected chi connectivity index (χ2v) is 4.85. The summed E-state index contributed by atoms with van der Waals surface area (Å²) >= 11 is 0. The van der Waals surface area contributed by atoms with Gasteiger partial charge in [-0.25, -0.2) is 4.79 Å². The van der Waals surface area contributed by atoms with Crippen LogP contribution in [0.3, 0.4) is 0 Å². The number of hydrogen-bond acceptors (Lipinski definition) is 3. The molecule has 2 rings (SSSR count). The van der Waals surface area contributed by atoms with Gasteiger partial charge < -0.3 is 21.1 Å². The van der Waals surface area contributed by atoms with E-state index in [1.165, 1.54) is 0 Å². The number of amides is 2. The summed E-state index contributed by atoms with van der Waals surface area (Å²) < 4.78 is 0. The van der Waals surface area contributed by atoms with Gasteiger partial charge in [-0.2, -0.15) is 0 Å². The van der Waals surface area contributed by atoms with Crippen molar-refractivity contribution in [3.05, 3.63) is 0 Å². The fourth-order valence-corrected chi connectivity index (χ4v) is 3.04. The molecule has 2 bridgehead atoms. The first-order valence-corrected chi connectivity index (χ1v) is 6.12. The number of carboxylic acid groups (broad SMARTS) is 1. The monoisotopic (exact) mass is 241 g/mol. The lowest BCUT2D eigenvalue weighted by Gasteiger charge is -2.37. The van der Waals surface area contributed by atoms with E-state index in [-0.39, 0.29) is 24.0 Å². The molecule has 1 unspecified atom stereocenters. The van der Waals surface area contributed by atoms with Crippen LogP contribution in [0.25, 0.3) is 0 Å². The average molecular weight is 241 g/mol. The number of nitrogens with two attached hydrogens (primary N) is 1. The van der Waals surface area contributed by atoms with Gasteiger partial charge in [0.1, 0.15) is 0 Å². The van der Waals surface area contributed by atoms with Crippen LogP contribution in [0.4, 0.5) is 4.79 Å². The molecule has 2 amide bonds. The summed E-state index contributed by atoms with van der Waals surface area (Å²) in [6.07, 6.45) is 2.82. The topological polar surface area (TPSA) is 95.7 Å². The molecule has 6 heteroatoms. The first-order valence-electron chi connectivity index (χ1n) is 6.12. The molecular weight excluding hydrogens is 222 g/mol. The molecule has 0 aromatic carbocycles. The van der Waals surface area contributed by atoms with E-state index in [0.29, 0.717) is 13.0 Å². The van der Waals surface area contributed by atoms with Crippen molar-refractivity contribution in [2.45, 2.75) is 50.2 Å². The highest BCUT2D eigenvalue weighted by Crippen LogP contribution is 2.35. The molecule has 4 N–H and O–H groups in total. The van der Waals surface area contributed by atoms with Gasteiger partial charge in [0.15, 0.2) is 0 Å². The summed E-state index contributed by atoms with van der Waals surface area (Å²) in [6.45, 7) is 0.354. The zero-order valence-electron chi connectivity index (χ0n) is 9.76. The van der Waals surface area contributed by atoms with Crippen molar-refractivity contribution in [3.63, 3.8) is 0 Å². The Balaban J connectivity index is 1.91. The van der Waals surface area contributed by atoms with Gasteiger partial charge >= 0.3 is 6.09 Å². The van der Waals surface area contributed by atoms with E-state index in [1.54, 1.807) is 4.90 Å². The first kappa shape index (κ1) is 12.2. The highest BCUT2D eigenvalue weighted by molar-refractivity contribution is 5.76. The Morgan fingerprint density at radius 2 is 1.88 bits per heavy atom. The fourth-order valence-electron chi connectivity index (χ4n) is 3.04. The van der Waals surface area contributed by atoms with E-state index in [2.05, 4.69) is 5.32 Å². The van der Waals surface area contributed by atoms with Crippen molar-refractivity contribution in [1.82, 2.24) is 10.2 Å². The Kier molecular flexibility index (Phi) is 3.51. The smallest absolute Gasteiger partial charge is 0.407 e. The number of carbonyl (C=O) groups excluding carboxylic acids is 1. The van der Waals surface area contributed by atoms with Crippen LogP contribution in [0.5, 0.6) is 0 Å². The van der Waals surface area contributed by atoms with Crippen LogP contribution in [0, 0.1) is 0 Å². The second-order valence-electron chi connectivity index (χ2n) is 4.85. The molecule has 2 aliphatic heterocycles. The number of nitrogens with zero attached hydrogens (tertiary/aromatic N) is 1. The van der Waals surface area contributed by atoms with Crippen molar-refractivity contribution in [2.75, 3.05) is 6.54 Å². The Morgan fingerprint density at radius 3 is 2.35 bits per heavy atom. The SMILES string of the molecule is NCCC(=O)NC1C[C@H]2CC[C@@H](C1)N2C(=O)O. The number of fused-ring (bicyclic) bond motifs is 2. The van der Waals surface area contributed by atoms with Crippen LogP contribution in [-0.4, -0.2) is 46.7 Å². The van der Waals surface area contributed by atoms with Gasteiger partial charge in [-0.15, -0.1) is 0 Å². The largest absolute Gasteiger partial charge is 0.465 e. The lowest BCUT2D eigenvalue weighted by Crippen LogP contribution is -2.52. The maximum Gasteiger partial charge on any atom is 0.407 e. The minimum absolute atomic E-state index is 0.0272. The molecule has 0 radical (unpaired) electrons. The molecule has 6 nitrogen and oxygen atoms in total. The van der Waals surface area contributed by atoms with Gasteiger partial charge in [0.2, 0.25) is 5.91 Å². The van der Waals surface area contributed by atoms with Crippen LogP contribution in [0.1, 0.15) is 32.1 Å². The molecule has 2 fully saturated rings. The summed E-state index contributed by atoms with van der Waals surface area (Å²) in [6, 6.07) is 0.269. The third-order valence-electron chi connectivity index (χ3n) is 3.69. The molecule has 3 atom stereocenters. The van der Waals surface area contributed by atoms with Crippen LogP contribution < -0.4 is 11.1 Å². The quantitative estimate of drug-likeness (QED) is 0.654. The lowest BCUT2D eigenvalue weighted by atomic mass is 9.97. The number of rotatable bonds is 3. The Hall–Kier alpha value is -1.30. The highest BCUT2D eigenvalue weighted by Gasteiger charge is 2.43. The Bertz CT molecular complexity index is 307. The van der Waals surface area contributed by atoms with Gasteiger partial charge in [-0.05, 0) is 25.7 Å². The third-order valence-corrected chi connectivity index (χ3v) is 3.69. The molecule has 0 spiro atoms. The van der Waals surface area contributed by atoms with E-state index in [1.807, 2.05) is 0 Å². The summed E-state index contributed by atoms with van der Waals surface area (Å²) in [5.74, 6) is -0.0272. The average Bonchev–Trinajstić information content (AvgIpc) is 2.51. The molecule has 2 heterocycles. The van der Waals surface area contributed by atoms with Crippen LogP contribution >= 0.6 is 0 Å². The molecule has 2 saturated heterocycles. The normalized spacial score (nSPS) is 31.4. The van der Waals surface area contributed by atoms with E-state index in [4.69, 9.17) is 10.8 Å². The predicted octanol–water partition coefficient (Wildman–Crippen LogP) is 0.125. The Labute approximate surface area is 100 Å². The Morgan fingerprint density at radius 1 is 1.29 bits per heavy atom. The van der Waals surface area contributed by atoms with Crippen molar-refractivity contribution in [3.8, 4) is 0 Å². The molecule has 0 saturated carbocycles. The zero-order valence-corrected chi connectivity index (χ0v) is 9.76. The van der Waals surface area contributed by atoms with Crippen LogP contribution in [0.2, 0.25) is 0 Å². The zero-order chi connectivity index (χ0) is 12.4. The standard InChI is InChI=1S/C11H19N3O3/c12-4-3-10(15)13-7-5-8-1-2-9(6-7)14(8)11(16)17/h7-9H,1-6,12H2,(H,13,15)(H,16,17)/t7?,8-,9+. The summed E-state index contributed by atoms with van der Waals surface area (Å²) in [5, 5.41) is 12.0. The number of piperidine rings is 1. The van der Waals surface area contributed by atoms with Crippen molar-refractivity contribution in [1.29, 1.82) is 0 Å². The first-order chi connectivity index (χ1) is 8.11. The number of carbonyl (C=O) groups is 2. The van der Waals surface area contributed by atoms with E-state index < -0.39 is 6.09 Å². The summed E-state index contributed by atoms with van der Waals surface area (Å²) in [5.41, 5.74) is 5.32. The minimum Gasteiger partial charge on any atom is -0.465 e.